The molecule has 2 N–H and O–H groups in total. The second-order valence-corrected chi connectivity index (χ2v) is 7.25. The Labute approximate surface area is 174 Å². The molecule has 1 heterocycles. The number of carbonyl (C=O) groups excluding carboxylic acids is 2. The third kappa shape index (κ3) is 4.20. The molecule has 0 aliphatic carbocycles. The van der Waals surface area contributed by atoms with Crippen molar-refractivity contribution in [1.82, 2.24) is 4.98 Å². The zero-order valence-corrected chi connectivity index (χ0v) is 16.8. The number of rotatable bonds is 4. The number of nitrogens with zero attached hydrogens (tertiary/aromatic N) is 1. The highest BCUT2D eigenvalue weighted by Gasteiger charge is 2.13. The third-order valence-electron chi connectivity index (χ3n) is 4.75. The van der Waals surface area contributed by atoms with E-state index < -0.39 is 0 Å². The minimum atomic E-state index is -0.297. The van der Waals surface area contributed by atoms with Gasteiger partial charge in [-0.25, -0.2) is 0 Å². The molecular weight excluding hydrogens is 374 g/mol. The number of hydrogen-bond donors (Lipinski definition) is 2. The Morgan fingerprint density at radius 2 is 1.37 bits per heavy atom. The average molecular weight is 395 g/mol. The van der Waals surface area contributed by atoms with Crippen molar-refractivity contribution in [2.24, 2.45) is 0 Å². The Bertz CT molecular complexity index is 1240. The molecule has 5 heteroatoms. The van der Waals surface area contributed by atoms with Crippen LogP contribution in [0.25, 0.3) is 10.9 Å². The van der Waals surface area contributed by atoms with Gasteiger partial charge in [0.05, 0.1) is 11.2 Å². The van der Waals surface area contributed by atoms with E-state index in [4.69, 9.17) is 0 Å². The maximum Gasteiger partial charge on any atom is 0.255 e. The lowest BCUT2D eigenvalue weighted by Crippen LogP contribution is -2.16. The molecule has 0 spiro atoms. The molecule has 0 saturated carbocycles. The van der Waals surface area contributed by atoms with Crippen LogP contribution in [0.1, 0.15) is 31.8 Å². The van der Waals surface area contributed by atoms with E-state index in [1.807, 2.05) is 62.4 Å². The topological polar surface area (TPSA) is 71.1 Å². The van der Waals surface area contributed by atoms with Crippen molar-refractivity contribution in [1.29, 1.82) is 0 Å². The van der Waals surface area contributed by atoms with E-state index >= 15 is 0 Å². The number of para-hydroxylation sites is 1. The highest BCUT2D eigenvalue weighted by atomic mass is 16.2. The number of benzene rings is 3. The molecule has 2 amide bonds. The summed E-state index contributed by atoms with van der Waals surface area (Å²) in [6, 6.07) is 21.9. The van der Waals surface area contributed by atoms with E-state index in [9.17, 15) is 9.59 Å². The van der Waals surface area contributed by atoms with Crippen LogP contribution in [0.15, 0.2) is 79.0 Å². The largest absolute Gasteiger partial charge is 0.322 e. The molecule has 0 unspecified atom stereocenters. The molecule has 1 aromatic heterocycles. The Balaban J connectivity index is 1.55. The Morgan fingerprint density at radius 3 is 2.10 bits per heavy atom. The number of amides is 2. The molecule has 0 saturated heterocycles. The highest BCUT2D eigenvalue weighted by molar-refractivity contribution is 6.10. The SMILES string of the molecule is Cc1cc(C)cc(NC(=O)c2cccc(C(=O)Nc3cccc4cccnc34)c2)c1. The Hall–Kier alpha value is -3.99. The zero-order chi connectivity index (χ0) is 21.1. The number of fused-ring (bicyclic) bond motifs is 1. The van der Waals surface area contributed by atoms with Crippen LogP contribution >= 0.6 is 0 Å². The lowest BCUT2D eigenvalue weighted by molar-refractivity contribution is 0.102. The van der Waals surface area contributed by atoms with Crippen LogP contribution in [0.4, 0.5) is 11.4 Å². The van der Waals surface area contributed by atoms with Crippen molar-refractivity contribution in [3.05, 3.63) is 101 Å². The molecule has 148 valence electrons. The molecule has 3 aromatic carbocycles. The zero-order valence-electron chi connectivity index (χ0n) is 16.8. The maximum atomic E-state index is 12.8. The fourth-order valence-corrected chi connectivity index (χ4v) is 3.45. The number of pyridine rings is 1. The van der Waals surface area contributed by atoms with Gasteiger partial charge in [0.25, 0.3) is 11.8 Å². The number of hydrogen-bond acceptors (Lipinski definition) is 3. The van der Waals surface area contributed by atoms with Gasteiger partial charge < -0.3 is 10.6 Å². The first-order chi connectivity index (χ1) is 14.5. The van der Waals surface area contributed by atoms with Crippen molar-refractivity contribution in [3.8, 4) is 0 Å². The van der Waals surface area contributed by atoms with Crippen LogP contribution in [0, 0.1) is 13.8 Å². The predicted octanol–water partition coefficient (Wildman–Crippen LogP) is 5.36. The van der Waals surface area contributed by atoms with Crippen LogP contribution in [0.3, 0.4) is 0 Å². The van der Waals surface area contributed by atoms with Crippen molar-refractivity contribution in [2.75, 3.05) is 10.6 Å². The molecule has 30 heavy (non-hydrogen) atoms. The number of anilines is 2. The molecule has 0 atom stereocenters. The normalized spacial score (nSPS) is 10.6. The molecule has 0 fully saturated rings. The molecule has 4 aromatic rings. The van der Waals surface area contributed by atoms with Crippen molar-refractivity contribution in [2.45, 2.75) is 13.8 Å². The monoisotopic (exact) mass is 395 g/mol. The minimum absolute atomic E-state index is 0.263. The van der Waals surface area contributed by atoms with E-state index in [0.717, 1.165) is 27.7 Å². The highest BCUT2D eigenvalue weighted by Crippen LogP contribution is 2.22. The van der Waals surface area contributed by atoms with E-state index in [2.05, 4.69) is 15.6 Å². The van der Waals surface area contributed by atoms with Gasteiger partial charge in [0.2, 0.25) is 0 Å². The smallest absolute Gasteiger partial charge is 0.255 e. The van der Waals surface area contributed by atoms with E-state index in [1.165, 1.54) is 0 Å². The fraction of sp³-hybridized carbons (Fsp3) is 0.0800. The van der Waals surface area contributed by atoms with Gasteiger partial charge in [-0.05, 0) is 67.4 Å². The number of aryl methyl sites for hydroxylation is 2. The summed E-state index contributed by atoms with van der Waals surface area (Å²) in [5, 5.41) is 6.74. The molecule has 0 bridgehead atoms. The second kappa shape index (κ2) is 8.17. The van der Waals surface area contributed by atoms with Gasteiger partial charge in [0.1, 0.15) is 0 Å². The van der Waals surface area contributed by atoms with Gasteiger partial charge >= 0.3 is 0 Å². The Kier molecular flexibility index (Phi) is 5.26. The first kappa shape index (κ1) is 19.3. The third-order valence-corrected chi connectivity index (χ3v) is 4.75. The van der Waals surface area contributed by atoms with Crippen LogP contribution in [0.2, 0.25) is 0 Å². The molecule has 5 nitrogen and oxygen atoms in total. The number of carbonyl (C=O) groups is 2. The lowest BCUT2D eigenvalue weighted by Gasteiger charge is -2.10. The summed E-state index contributed by atoms with van der Waals surface area (Å²) in [6.45, 7) is 3.96. The molecule has 0 radical (unpaired) electrons. The first-order valence-electron chi connectivity index (χ1n) is 9.64. The fourth-order valence-electron chi connectivity index (χ4n) is 3.45. The summed E-state index contributed by atoms with van der Waals surface area (Å²) < 4.78 is 0. The van der Waals surface area contributed by atoms with Crippen LogP contribution in [-0.4, -0.2) is 16.8 Å². The number of aromatic nitrogens is 1. The summed E-state index contributed by atoms with van der Waals surface area (Å²) in [6.07, 6.45) is 1.69. The minimum Gasteiger partial charge on any atom is -0.322 e. The van der Waals surface area contributed by atoms with Crippen LogP contribution in [-0.2, 0) is 0 Å². The standard InChI is InChI=1S/C25H21N3O2/c1-16-12-17(2)14-21(13-16)27-24(29)19-7-3-8-20(15-19)25(30)28-22-10-4-6-18-9-5-11-26-23(18)22/h3-15H,1-2H3,(H,27,29)(H,28,30). The van der Waals surface area contributed by atoms with E-state index in [-0.39, 0.29) is 11.8 Å². The van der Waals surface area contributed by atoms with Crippen molar-refractivity contribution in [3.63, 3.8) is 0 Å². The van der Waals surface area contributed by atoms with Gasteiger partial charge in [-0.15, -0.1) is 0 Å². The maximum absolute atomic E-state index is 12.8. The lowest BCUT2D eigenvalue weighted by atomic mass is 10.1. The summed E-state index contributed by atoms with van der Waals surface area (Å²) >= 11 is 0. The molecule has 4 rings (SSSR count). The Morgan fingerprint density at radius 1 is 0.733 bits per heavy atom. The number of nitrogens with one attached hydrogen (secondary N) is 2. The molecule has 0 aliphatic rings. The van der Waals surface area contributed by atoms with Crippen molar-refractivity contribution < 1.29 is 9.59 Å². The van der Waals surface area contributed by atoms with Gasteiger partial charge in [-0.2, -0.15) is 0 Å². The quantitative estimate of drug-likeness (QED) is 0.489. The summed E-state index contributed by atoms with van der Waals surface area (Å²) in [5.74, 6) is -0.560. The summed E-state index contributed by atoms with van der Waals surface area (Å²) in [4.78, 5) is 29.9. The van der Waals surface area contributed by atoms with Gasteiger partial charge in [0.15, 0.2) is 0 Å². The average Bonchev–Trinajstić information content (AvgIpc) is 2.73. The predicted molar refractivity (Wildman–Crippen MR) is 120 cm³/mol. The molecular formula is C25H21N3O2. The van der Waals surface area contributed by atoms with E-state index in [1.54, 1.807) is 30.5 Å². The first-order valence-corrected chi connectivity index (χ1v) is 9.64. The van der Waals surface area contributed by atoms with Gasteiger partial charge in [-0.1, -0.05) is 30.3 Å². The van der Waals surface area contributed by atoms with Gasteiger partial charge in [0, 0.05) is 28.4 Å². The molecule has 0 aliphatic heterocycles. The van der Waals surface area contributed by atoms with Crippen LogP contribution in [0.5, 0.6) is 0 Å². The second-order valence-electron chi connectivity index (χ2n) is 7.25. The van der Waals surface area contributed by atoms with E-state index in [0.29, 0.717) is 16.8 Å². The summed E-state index contributed by atoms with van der Waals surface area (Å²) in [7, 11) is 0. The van der Waals surface area contributed by atoms with Gasteiger partial charge in [-0.3, -0.25) is 14.6 Å². The summed E-state index contributed by atoms with van der Waals surface area (Å²) in [5.41, 5.74) is 5.03. The van der Waals surface area contributed by atoms with Crippen molar-refractivity contribution >= 4 is 34.1 Å². The van der Waals surface area contributed by atoms with Crippen LogP contribution < -0.4 is 10.6 Å².